The molecule has 31 heavy (non-hydrogen) atoms. The predicted octanol–water partition coefficient (Wildman–Crippen LogP) is 4.72. The van der Waals surface area contributed by atoms with Crippen LogP contribution < -0.4 is 15.4 Å². The first-order valence-corrected chi connectivity index (χ1v) is 10.9. The maximum absolute atomic E-state index is 12.9. The molecule has 3 rings (SSSR count). The molecule has 160 valence electrons. The fraction of sp³-hybridized carbons (Fsp3) is 0.200. The second-order valence-electron chi connectivity index (χ2n) is 7.34. The first kappa shape index (κ1) is 22.3. The summed E-state index contributed by atoms with van der Waals surface area (Å²) in [6.07, 6.45) is 1.68. The first-order chi connectivity index (χ1) is 14.9. The molecule has 0 aliphatic heterocycles. The number of nitrogens with one attached hydrogen (secondary N) is 2. The molecular formula is C25H26N2O3S. The summed E-state index contributed by atoms with van der Waals surface area (Å²) in [6.45, 7) is 6.11. The molecule has 0 saturated carbocycles. The quantitative estimate of drug-likeness (QED) is 0.504. The lowest BCUT2D eigenvalue weighted by Crippen LogP contribution is -2.41. The van der Waals surface area contributed by atoms with E-state index in [0.29, 0.717) is 12.2 Å². The zero-order valence-corrected chi connectivity index (χ0v) is 18.7. The number of rotatable bonds is 8. The Morgan fingerprint density at radius 3 is 2.45 bits per heavy atom. The summed E-state index contributed by atoms with van der Waals surface area (Å²) in [7, 11) is 0. The van der Waals surface area contributed by atoms with Crippen molar-refractivity contribution in [2.24, 2.45) is 0 Å². The number of hydrogen-bond donors (Lipinski definition) is 2. The Hall–Kier alpha value is -3.38. The van der Waals surface area contributed by atoms with Crippen LogP contribution in [0.4, 0.5) is 0 Å². The molecule has 0 saturated heterocycles. The Balaban J connectivity index is 1.68. The van der Waals surface area contributed by atoms with Crippen molar-refractivity contribution in [3.05, 3.63) is 93.3 Å². The zero-order valence-electron chi connectivity index (χ0n) is 17.8. The van der Waals surface area contributed by atoms with Crippen LogP contribution in [0.25, 0.3) is 6.08 Å². The van der Waals surface area contributed by atoms with Crippen molar-refractivity contribution < 1.29 is 14.3 Å². The molecule has 0 radical (unpaired) electrons. The van der Waals surface area contributed by atoms with Crippen LogP contribution in [0.15, 0.2) is 71.7 Å². The summed E-state index contributed by atoms with van der Waals surface area (Å²) >= 11 is 1.49. The minimum absolute atomic E-state index is 0.191. The fourth-order valence-electron chi connectivity index (χ4n) is 2.85. The third-order valence-corrected chi connectivity index (χ3v) is 5.42. The third kappa shape index (κ3) is 6.55. The van der Waals surface area contributed by atoms with Crippen molar-refractivity contribution in [2.45, 2.75) is 26.8 Å². The number of benzene rings is 2. The number of para-hydroxylation sites is 1. The molecule has 1 atom stereocenters. The summed E-state index contributed by atoms with van der Waals surface area (Å²) in [4.78, 5) is 26.5. The Kier molecular flexibility index (Phi) is 7.62. The van der Waals surface area contributed by atoms with E-state index in [4.69, 9.17) is 4.74 Å². The van der Waals surface area contributed by atoms with E-state index in [2.05, 4.69) is 10.6 Å². The minimum Gasteiger partial charge on any atom is -0.491 e. The molecule has 2 aromatic carbocycles. The third-order valence-electron chi connectivity index (χ3n) is 4.60. The van der Waals surface area contributed by atoms with Gasteiger partial charge in [0.2, 0.25) is 0 Å². The summed E-state index contributed by atoms with van der Waals surface area (Å²) < 4.78 is 5.83. The minimum atomic E-state index is -0.366. The smallest absolute Gasteiger partial charge is 0.268 e. The van der Waals surface area contributed by atoms with E-state index in [0.717, 1.165) is 21.8 Å². The van der Waals surface area contributed by atoms with Gasteiger partial charge in [-0.25, -0.2) is 0 Å². The molecule has 5 nitrogen and oxygen atoms in total. The van der Waals surface area contributed by atoms with Crippen molar-refractivity contribution in [2.75, 3.05) is 6.61 Å². The van der Waals surface area contributed by atoms with Gasteiger partial charge in [-0.1, -0.05) is 42.0 Å². The van der Waals surface area contributed by atoms with Crippen LogP contribution >= 0.6 is 11.3 Å². The molecule has 2 N–H and O–H groups in total. The van der Waals surface area contributed by atoms with Crippen molar-refractivity contribution >= 4 is 29.2 Å². The van der Waals surface area contributed by atoms with Gasteiger partial charge in [0.1, 0.15) is 18.1 Å². The van der Waals surface area contributed by atoms with Crippen molar-refractivity contribution in [3.8, 4) is 5.75 Å². The van der Waals surface area contributed by atoms with Gasteiger partial charge in [-0.05, 0) is 62.1 Å². The molecule has 0 bridgehead atoms. The number of aryl methyl sites for hydroxylation is 2. The summed E-state index contributed by atoms with van der Waals surface area (Å²) in [5, 5.41) is 7.58. The number of thiophene rings is 1. The second-order valence-corrected chi connectivity index (χ2v) is 8.32. The van der Waals surface area contributed by atoms with E-state index in [1.807, 2.05) is 74.7 Å². The SMILES string of the molecule is Cc1ccc(C(=O)N/C(=C\c2cccs2)C(=O)N[C@H](C)COc2ccccc2C)cc1. The average Bonchev–Trinajstić information content (AvgIpc) is 3.26. The van der Waals surface area contributed by atoms with Gasteiger partial charge in [0.05, 0.1) is 6.04 Å². The van der Waals surface area contributed by atoms with Gasteiger partial charge in [-0.3, -0.25) is 9.59 Å². The van der Waals surface area contributed by atoms with Crippen LogP contribution in [0.3, 0.4) is 0 Å². The Bertz CT molecular complexity index is 1060. The van der Waals surface area contributed by atoms with Crippen LogP contribution in [0.5, 0.6) is 5.75 Å². The van der Waals surface area contributed by atoms with E-state index >= 15 is 0 Å². The van der Waals surface area contributed by atoms with Crippen LogP contribution in [0, 0.1) is 13.8 Å². The molecule has 0 aliphatic carbocycles. The fourth-order valence-corrected chi connectivity index (χ4v) is 3.51. The van der Waals surface area contributed by atoms with Gasteiger partial charge in [-0.15, -0.1) is 11.3 Å². The highest BCUT2D eigenvalue weighted by molar-refractivity contribution is 7.10. The van der Waals surface area contributed by atoms with Gasteiger partial charge in [0.25, 0.3) is 11.8 Å². The van der Waals surface area contributed by atoms with Crippen molar-refractivity contribution in [1.29, 1.82) is 0 Å². The maximum atomic E-state index is 12.9. The summed E-state index contributed by atoms with van der Waals surface area (Å²) in [5.74, 6) is 0.0853. The molecule has 0 fully saturated rings. The first-order valence-electron chi connectivity index (χ1n) is 10.0. The summed E-state index contributed by atoms with van der Waals surface area (Å²) in [6, 6.07) is 18.5. The number of hydrogen-bond acceptors (Lipinski definition) is 4. The van der Waals surface area contributed by atoms with E-state index in [1.54, 1.807) is 18.2 Å². The number of carbonyl (C=O) groups excluding carboxylic acids is 2. The average molecular weight is 435 g/mol. The highest BCUT2D eigenvalue weighted by atomic mass is 32.1. The van der Waals surface area contributed by atoms with Crippen molar-refractivity contribution in [3.63, 3.8) is 0 Å². The number of carbonyl (C=O) groups is 2. The van der Waals surface area contributed by atoms with Gasteiger partial charge < -0.3 is 15.4 Å². The second kappa shape index (κ2) is 10.6. The summed E-state index contributed by atoms with van der Waals surface area (Å²) in [5.41, 5.74) is 2.78. The monoisotopic (exact) mass is 434 g/mol. The molecule has 3 aromatic rings. The molecule has 0 spiro atoms. The number of ether oxygens (including phenoxy) is 1. The number of amides is 2. The van der Waals surface area contributed by atoms with Crippen LogP contribution in [0.2, 0.25) is 0 Å². The predicted molar refractivity (Wildman–Crippen MR) is 125 cm³/mol. The zero-order chi connectivity index (χ0) is 22.2. The van der Waals surface area contributed by atoms with E-state index in [9.17, 15) is 9.59 Å². The highest BCUT2D eigenvalue weighted by Gasteiger charge is 2.17. The van der Waals surface area contributed by atoms with E-state index in [1.165, 1.54) is 11.3 Å². The van der Waals surface area contributed by atoms with E-state index < -0.39 is 0 Å². The normalized spacial score (nSPS) is 12.2. The topological polar surface area (TPSA) is 67.4 Å². The Morgan fingerprint density at radius 2 is 1.77 bits per heavy atom. The maximum Gasteiger partial charge on any atom is 0.268 e. The molecule has 1 aromatic heterocycles. The van der Waals surface area contributed by atoms with Crippen LogP contribution in [-0.4, -0.2) is 24.5 Å². The van der Waals surface area contributed by atoms with Gasteiger partial charge in [0, 0.05) is 10.4 Å². The highest BCUT2D eigenvalue weighted by Crippen LogP contribution is 2.17. The lowest BCUT2D eigenvalue weighted by Gasteiger charge is -2.17. The molecule has 1 heterocycles. The molecular weight excluding hydrogens is 408 g/mol. The van der Waals surface area contributed by atoms with Crippen LogP contribution in [0.1, 0.15) is 33.3 Å². The lowest BCUT2D eigenvalue weighted by molar-refractivity contribution is -0.118. The van der Waals surface area contributed by atoms with Gasteiger partial charge in [-0.2, -0.15) is 0 Å². The van der Waals surface area contributed by atoms with Crippen molar-refractivity contribution in [1.82, 2.24) is 10.6 Å². The molecule has 0 aliphatic rings. The molecule has 0 unspecified atom stereocenters. The van der Waals surface area contributed by atoms with Gasteiger partial charge in [0.15, 0.2) is 0 Å². The Morgan fingerprint density at radius 1 is 1.03 bits per heavy atom. The molecule has 6 heteroatoms. The van der Waals surface area contributed by atoms with E-state index in [-0.39, 0.29) is 23.6 Å². The largest absolute Gasteiger partial charge is 0.491 e. The van der Waals surface area contributed by atoms with Crippen LogP contribution in [-0.2, 0) is 4.79 Å². The standard InChI is InChI=1S/C25H26N2O3S/c1-17-10-12-20(13-11-17)24(28)27-22(15-21-8-6-14-31-21)25(29)26-19(3)16-30-23-9-5-4-7-18(23)2/h4-15,19H,16H2,1-3H3,(H,26,29)(H,27,28)/b22-15-/t19-/m1/s1. The van der Waals surface area contributed by atoms with Gasteiger partial charge >= 0.3 is 0 Å². The Labute approximate surface area is 186 Å². The molecule has 2 amide bonds. The lowest BCUT2D eigenvalue weighted by atomic mass is 10.1.